The summed E-state index contributed by atoms with van der Waals surface area (Å²) in [4.78, 5) is 4.51. The first kappa shape index (κ1) is 11.5. The highest BCUT2D eigenvalue weighted by Gasteiger charge is 2.27. The molecule has 0 unspecified atom stereocenters. The van der Waals surface area contributed by atoms with E-state index in [1.165, 1.54) is 12.8 Å². The smallest absolute Gasteiger partial charge is 0.203 e. The van der Waals surface area contributed by atoms with Crippen molar-refractivity contribution in [2.45, 2.75) is 45.3 Å². The minimum atomic E-state index is -0.158. The normalized spacial score (nSPS) is 16.5. The van der Waals surface area contributed by atoms with E-state index in [0.717, 1.165) is 18.2 Å². The van der Waals surface area contributed by atoms with Gasteiger partial charge in [-0.15, -0.1) is 0 Å². The Hall–Kier alpha value is -1.03. The lowest BCUT2D eigenvalue weighted by Crippen LogP contribution is -2.32. The van der Waals surface area contributed by atoms with E-state index < -0.39 is 0 Å². The SMILES string of the molecule is COC(C)(C)CNc1nc(C)cn1C1CC1. The minimum absolute atomic E-state index is 0.158. The zero-order valence-electron chi connectivity index (χ0n) is 10.6. The average molecular weight is 223 g/mol. The van der Waals surface area contributed by atoms with Gasteiger partial charge in [-0.1, -0.05) is 0 Å². The van der Waals surface area contributed by atoms with Crippen LogP contribution in [0.2, 0.25) is 0 Å². The lowest BCUT2D eigenvalue weighted by atomic mass is 10.1. The molecular weight excluding hydrogens is 202 g/mol. The van der Waals surface area contributed by atoms with Crippen LogP contribution in [0.25, 0.3) is 0 Å². The predicted molar refractivity (Wildman–Crippen MR) is 64.8 cm³/mol. The van der Waals surface area contributed by atoms with Gasteiger partial charge in [0.2, 0.25) is 5.95 Å². The van der Waals surface area contributed by atoms with Gasteiger partial charge in [0.15, 0.2) is 0 Å². The van der Waals surface area contributed by atoms with Gasteiger partial charge in [-0.25, -0.2) is 4.98 Å². The summed E-state index contributed by atoms with van der Waals surface area (Å²) < 4.78 is 7.63. The lowest BCUT2D eigenvalue weighted by Gasteiger charge is -2.23. The van der Waals surface area contributed by atoms with Crippen LogP contribution in [0.3, 0.4) is 0 Å². The van der Waals surface area contributed by atoms with E-state index in [-0.39, 0.29) is 5.60 Å². The van der Waals surface area contributed by atoms with Crippen LogP contribution < -0.4 is 5.32 Å². The molecule has 1 saturated carbocycles. The molecule has 16 heavy (non-hydrogen) atoms. The largest absolute Gasteiger partial charge is 0.377 e. The highest BCUT2D eigenvalue weighted by molar-refractivity contribution is 5.31. The molecule has 1 aromatic rings. The molecule has 90 valence electrons. The number of rotatable bonds is 5. The number of nitrogens with one attached hydrogen (secondary N) is 1. The molecule has 1 aliphatic rings. The van der Waals surface area contributed by atoms with E-state index in [9.17, 15) is 0 Å². The number of methoxy groups -OCH3 is 1. The molecule has 1 heterocycles. The average Bonchev–Trinajstić information content (AvgIpc) is 3.00. The standard InChI is InChI=1S/C12H21N3O/c1-9-7-15(10-5-6-10)11(14-9)13-8-12(2,3)16-4/h7,10H,5-6,8H2,1-4H3,(H,13,14). The van der Waals surface area contributed by atoms with Gasteiger partial charge in [-0.3, -0.25) is 0 Å². The molecule has 0 aliphatic heterocycles. The number of hydrogen-bond acceptors (Lipinski definition) is 3. The number of aromatic nitrogens is 2. The third-order valence-corrected chi connectivity index (χ3v) is 3.02. The Bertz CT molecular complexity index is 366. The zero-order valence-corrected chi connectivity index (χ0v) is 10.6. The lowest BCUT2D eigenvalue weighted by molar-refractivity contribution is 0.0342. The van der Waals surface area contributed by atoms with Crippen LogP contribution >= 0.6 is 0 Å². The van der Waals surface area contributed by atoms with E-state index in [4.69, 9.17) is 4.74 Å². The van der Waals surface area contributed by atoms with Crippen LogP contribution in [-0.4, -0.2) is 28.8 Å². The molecule has 0 radical (unpaired) electrons. The van der Waals surface area contributed by atoms with Crippen molar-refractivity contribution < 1.29 is 4.74 Å². The number of anilines is 1. The molecule has 0 amide bonds. The van der Waals surface area contributed by atoms with Crippen LogP contribution in [0.5, 0.6) is 0 Å². The fraction of sp³-hybridized carbons (Fsp3) is 0.750. The second-order valence-electron chi connectivity index (χ2n) is 5.16. The van der Waals surface area contributed by atoms with Gasteiger partial charge in [0.05, 0.1) is 11.3 Å². The summed E-state index contributed by atoms with van der Waals surface area (Å²) in [5.74, 6) is 0.977. The van der Waals surface area contributed by atoms with Crippen molar-refractivity contribution in [3.63, 3.8) is 0 Å². The Kier molecular flexibility index (Phi) is 2.93. The molecule has 1 fully saturated rings. The highest BCUT2D eigenvalue weighted by atomic mass is 16.5. The first-order valence-corrected chi connectivity index (χ1v) is 5.86. The highest BCUT2D eigenvalue weighted by Crippen LogP contribution is 2.37. The molecule has 4 nitrogen and oxygen atoms in total. The fourth-order valence-electron chi connectivity index (χ4n) is 1.64. The van der Waals surface area contributed by atoms with Crippen LogP contribution in [0.15, 0.2) is 6.20 Å². The molecule has 4 heteroatoms. The molecule has 0 bridgehead atoms. The summed E-state index contributed by atoms with van der Waals surface area (Å²) in [6.45, 7) is 6.94. The van der Waals surface area contributed by atoms with Crippen molar-refractivity contribution in [3.05, 3.63) is 11.9 Å². The summed E-state index contributed by atoms with van der Waals surface area (Å²) in [6, 6.07) is 0.661. The van der Waals surface area contributed by atoms with Crippen molar-refractivity contribution in [1.29, 1.82) is 0 Å². The van der Waals surface area contributed by atoms with Crippen LogP contribution in [0.1, 0.15) is 38.4 Å². The Morgan fingerprint density at radius 1 is 1.56 bits per heavy atom. The van der Waals surface area contributed by atoms with Crippen molar-refractivity contribution in [1.82, 2.24) is 9.55 Å². The number of aryl methyl sites for hydroxylation is 1. The van der Waals surface area contributed by atoms with Crippen molar-refractivity contribution >= 4 is 5.95 Å². The van der Waals surface area contributed by atoms with E-state index in [1.54, 1.807) is 7.11 Å². The molecule has 0 atom stereocenters. The van der Waals surface area contributed by atoms with E-state index in [2.05, 4.69) is 34.9 Å². The summed E-state index contributed by atoms with van der Waals surface area (Å²) in [7, 11) is 1.74. The number of ether oxygens (including phenoxy) is 1. The van der Waals surface area contributed by atoms with Gasteiger partial charge in [0.25, 0.3) is 0 Å². The maximum atomic E-state index is 5.38. The molecule has 2 rings (SSSR count). The maximum absolute atomic E-state index is 5.38. The third kappa shape index (κ3) is 2.55. The monoisotopic (exact) mass is 223 g/mol. The molecule has 0 aromatic carbocycles. The predicted octanol–water partition coefficient (Wildman–Crippen LogP) is 2.36. The summed E-state index contributed by atoms with van der Waals surface area (Å²) in [5.41, 5.74) is 0.915. The first-order valence-electron chi connectivity index (χ1n) is 5.86. The van der Waals surface area contributed by atoms with E-state index >= 15 is 0 Å². The molecule has 1 aromatic heterocycles. The third-order valence-electron chi connectivity index (χ3n) is 3.02. The molecular formula is C12H21N3O. The van der Waals surface area contributed by atoms with Gasteiger partial charge in [-0.05, 0) is 33.6 Å². The minimum Gasteiger partial charge on any atom is -0.377 e. The van der Waals surface area contributed by atoms with Gasteiger partial charge in [0.1, 0.15) is 0 Å². The summed E-state index contributed by atoms with van der Waals surface area (Å²) in [5, 5.41) is 3.37. The van der Waals surface area contributed by atoms with Gasteiger partial charge >= 0.3 is 0 Å². The second kappa shape index (κ2) is 4.09. The molecule has 0 spiro atoms. The molecule has 1 N–H and O–H groups in total. The van der Waals surface area contributed by atoms with Gasteiger partial charge in [-0.2, -0.15) is 0 Å². The topological polar surface area (TPSA) is 39.1 Å². The van der Waals surface area contributed by atoms with Gasteiger partial charge < -0.3 is 14.6 Å². The number of nitrogens with zero attached hydrogens (tertiary/aromatic N) is 2. The Labute approximate surface area is 97.0 Å². The van der Waals surface area contributed by atoms with Crippen molar-refractivity contribution in [2.24, 2.45) is 0 Å². The Balaban J connectivity index is 2.03. The van der Waals surface area contributed by atoms with Crippen molar-refractivity contribution in [2.75, 3.05) is 19.0 Å². The first-order chi connectivity index (χ1) is 7.52. The summed E-state index contributed by atoms with van der Waals surface area (Å²) in [6.07, 6.45) is 4.68. The van der Waals surface area contributed by atoms with Crippen molar-refractivity contribution in [3.8, 4) is 0 Å². The van der Waals surface area contributed by atoms with E-state index in [1.807, 2.05) is 6.92 Å². The maximum Gasteiger partial charge on any atom is 0.203 e. The number of imidazole rings is 1. The number of hydrogen-bond donors (Lipinski definition) is 1. The quantitative estimate of drug-likeness (QED) is 0.833. The molecule has 0 saturated heterocycles. The van der Waals surface area contributed by atoms with Crippen LogP contribution in [0, 0.1) is 6.92 Å². The van der Waals surface area contributed by atoms with E-state index in [0.29, 0.717) is 6.04 Å². The Morgan fingerprint density at radius 2 is 2.25 bits per heavy atom. The molecule has 1 aliphatic carbocycles. The zero-order chi connectivity index (χ0) is 11.8. The second-order valence-corrected chi connectivity index (χ2v) is 5.16. The fourth-order valence-corrected chi connectivity index (χ4v) is 1.64. The summed E-state index contributed by atoms with van der Waals surface area (Å²) >= 11 is 0. The van der Waals surface area contributed by atoms with Crippen LogP contribution in [-0.2, 0) is 4.74 Å². The van der Waals surface area contributed by atoms with Gasteiger partial charge in [0, 0.05) is 25.9 Å². The van der Waals surface area contributed by atoms with Crippen LogP contribution in [0.4, 0.5) is 5.95 Å². The Morgan fingerprint density at radius 3 is 2.81 bits per heavy atom.